The number of aromatic nitrogens is 3. The van der Waals surface area contributed by atoms with Crippen LogP contribution in [0.2, 0.25) is 5.02 Å². The summed E-state index contributed by atoms with van der Waals surface area (Å²) < 4.78 is 19.7. The van der Waals surface area contributed by atoms with Crippen molar-refractivity contribution in [3.8, 4) is 17.1 Å². The van der Waals surface area contributed by atoms with Crippen molar-refractivity contribution >= 4 is 29.0 Å². The molecule has 0 bridgehead atoms. The van der Waals surface area contributed by atoms with E-state index in [1.165, 1.54) is 50.5 Å². The van der Waals surface area contributed by atoms with E-state index in [0.717, 1.165) is 26.1 Å². The first kappa shape index (κ1) is 23.8. The summed E-state index contributed by atoms with van der Waals surface area (Å²) in [5.74, 6) is -0.00372. The highest BCUT2D eigenvalue weighted by molar-refractivity contribution is 6.30. The van der Waals surface area contributed by atoms with E-state index in [1.807, 2.05) is 0 Å². The minimum absolute atomic E-state index is 0.130. The van der Waals surface area contributed by atoms with E-state index in [1.54, 1.807) is 12.3 Å². The topological polar surface area (TPSA) is 92.3 Å². The zero-order valence-corrected chi connectivity index (χ0v) is 19.6. The molecule has 2 N–H and O–H groups in total. The number of methoxy groups -OCH3 is 1. The lowest BCUT2D eigenvalue weighted by Crippen LogP contribution is -2.29. The molecule has 0 atom stereocenters. The van der Waals surface area contributed by atoms with Gasteiger partial charge in [0.1, 0.15) is 5.82 Å². The van der Waals surface area contributed by atoms with Gasteiger partial charge in [-0.2, -0.15) is 0 Å². The number of halogens is 2. The summed E-state index contributed by atoms with van der Waals surface area (Å²) >= 11 is 6.02. The monoisotopic (exact) mass is 484 g/mol. The summed E-state index contributed by atoms with van der Waals surface area (Å²) in [5.41, 5.74) is 1.00. The van der Waals surface area contributed by atoms with Crippen molar-refractivity contribution in [1.82, 2.24) is 25.2 Å². The van der Waals surface area contributed by atoms with Crippen molar-refractivity contribution in [2.75, 3.05) is 38.6 Å². The lowest BCUT2D eigenvalue weighted by Gasteiger charge is -2.16. The smallest absolute Gasteiger partial charge is 0.254 e. The number of rotatable bonds is 9. The van der Waals surface area contributed by atoms with Crippen molar-refractivity contribution in [3.05, 3.63) is 59.3 Å². The molecule has 1 fully saturated rings. The number of nitrogens with zero attached hydrogens (tertiary/aromatic N) is 4. The summed E-state index contributed by atoms with van der Waals surface area (Å²) in [5, 5.41) is 6.43. The van der Waals surface area contributed by atoms with E-state index in [-0.39, 0.29) is 23.1 Å². The second kappa shape index (κ2) is 11.2. The molecule has 2 aromatic heterocycles. The van der Waals surface area contributed by atoms with Gasteiger partial charge in [-0.25, -0.2) is 14.4 Å². The number of likely N-dealkylation sites (tertiary alicyclic amines) is 1. The third-order valence-electron chi connectivity index (χ3n) is 5.60. The van der Waals surface area contributed by atoms with Crippen LogP contribution in [0.25, 0.3) is 11.4 Å². The van der Waals surface area contributed by atoms with Gasteiger partial charge >= 0.3 is 0 Å². The summed E-state index contributed by atoms with van der Waals surface area (Å²) in [6, 6.07) is 5.83. The Morgan fingerprint density at radius 3 is 2.85 bits per heavy atom. The Hall–Kier alpha value is -3.30. The lowest BCUT2D eigenvalue weighted by atomic mass is 10.2. The fraction of sp³-hybridized carbons (Fsp3) is 0.333. The Morgan fingerprint density at radius 1 is 1.24 bits per heavy atom. The number of pyridine rings is 1. The summed E-state index contributed by atoms with van der Waals surface area (Å²) in [4.78, 5) is 28.0. The number of hydrogen-bond donors (Lipinski definition) is 2. The highest BCUT2D eigenvalue weighted by Gasteiger charge is 2.17. The third-order valence-corrected chi connectivity index (χ3v) is 5.83. The normalized spacial score (nSPS) is 13.6. The molecule has 34 heavy (non-hydrogen) atoms. The molecular weight excluding hydrogens is 459 g/mol. The van der Waals surface area contributed by atoms with E-state index >= 15 is 0 Å². The fourth-order valence-corrected chi connectivity index (χ4v) is 4.00. The molecule has 0 radical (unpaired) electrons. The van der Waals surface area contributed by atoms with Crippen molar-refractivity contribution in [2.24, 2.45) is 0 Å². The Morgan fingerprint density at radius 2 is 2.06 bits per heavy atom. The van der Waals surface area contributed by atoms with Crippen LogP contribution in [-0.2, 0) is 0 Å². The van der Waals surface area contributed by atoms with Crippen LogP contribution in [0.1, 0.15) is 29.6 Å². The first-order valence-corrected chi connectivity index (χ1v) is 11.5. The van der Waals surface area contributed by atoms with Gasteiger partial charge in [-0.15, -0.1) is 0 Å². The maximum atomic E-state index is 14.4. The van der Waals surface area contributed by atoms with Crippen LogP contribution in [0, 0.1) is 5.82 Å². The summed E-state index contributed by atoms with van der Waals surface area (Å²) in [6.45, 7) is 3.80. The number of anilines is 2. The van der Waals surface area contributed by atoms with E-state index in [2.05, 4.69) is 30.5 Å². The van der Waals surface area contributed by atoms with Gasteiger partial charge in [0.05, 0.1) is 30.1 Å². The van der Waals surface area contributed by atoms with Gasteiger partial charge in [0.15, 0.2) is 17.4 Å². The van der Waals surface area contributed by atoms with Crippen molar-refractivity contribution in [2.45, 2.75) is 19.3 Å². The molecule has 1 aliphatic heterocycles. The Balaban J connectivity index is 1.51. The fourth-order valence-electron chi connectivity index (χ4n) is 3.83. The van der Waals surface area contributed by atoms with Gasteiger partial charge < -0.3 is 20.3 Å². The standard InChI is InChI=1S/C24H26ClFN6O2/c1-34-21-15-29-22(17-13-16(25)5-6-19(17)26)31-23(21)30-20-7-9-27-14-18(20)24(33)28-8-4-12-32-10-2-3-11-32/h5-7,9,13-15H,2-4,8,10-12H2,1H3,(H,28,33)(H,27,29,30,31). The van der Waals surface area contributed by atoms with Gasteiger partial charge in [0.25, 0.3) is 5.91 Å². The van der Waals surface area contributed by atoms with Crippen LogP contribution >= 0.6 is 11.6 Å². The zero-order chi connectivity index (χ0) is 23.9. The number of carbonyl (C=O) groups is 1. The first-order chi connectivity index (χ1) is 16.5. The SMILES string of the molecule is COc1cnc(-c2cc(Cl)ccc2F)nc1Nc1ccncc1C(=O)NCCCN1CCCC1. The minimum Gasteiger partial charge on any atom is -0.491 e. The van der Waals surface area contributed by atoms with Crippen LogP contribution in [0.15, 0.2) is 42.9 Å². The average Bonchev–Trinajstić information content (AvgIpc) is 3.37. The molecule has 1 aliphatic rings. The molecule has 4 rings (SSSR count). The molecule has 1 aromatic carbocycles. The second-order valence-electron chi connectivity index (χ2n) is 7.94. The van der Waals surface area contributed by atoms with Gasteiger partial charge in [-0.3, -0.25) is 9.78 Å². The van der Waals surface area contributed by atoms with Crippen molar-refractivity contribution in [1.29, 1.82) is 0 Å². The number of benzene rings is 1. The predicted molar refractivity (Wildman–Crippen MR) is 129 cm³/mol. The van der Waals surface area contributed by atoms with Gasteiger partial charge in [0.2, 0.25) is 0 Å². The molecule has 0 saturated carbocycles. The van der Waals surface area contributed by atoms with Crippen molar-refractivity contribution < 1.29 is 13.9 Å². The molecule has 0 spiro atoms. The van der Waals surface area contributed by atoms with Crippen LogP contribution in [0.3, 0.4) is 0 Å². The molecule has 0 unspecified atom stereocenters. The van der Waals surface area contributed by atoms with E-state index < -0.39 is 5.82 Å². The predicted octanol–water partition coefficient (Wildman–Crippen LogP) is 4.30. The zero-order valence-electron chi connectivity index (χ0n) is 18.9. The molecule has 3 aromatic rings. The number of hydrogen-bond acceptors (Lipinski definition) is 7. The molecule has 3 heterocycles. The molecule has 0 aliphatic carbocycles. The average molecular weight is 485 g/mol. The molecule has 1 saturated heterocycles. The molecule has 8 nitrogen and oxygen atoms in total. The van der Waals surface area contributed by atoms with Gasteiger partial charge in [-0.05, 0) is 63.2 Å². The number of ether oxygens (including phenoxy) is 1. The molecule has 1 amide bonds. The summed E-state index contributed by atoms with van der Waals surface area (Å²) in [6.07, 6.45) is 7.86. The maximum absolute atomic E-state index is 14.4. The first-order valence-electron chi connectivity index (χ1n) is 11.1. The van der Waals surface area contributed by atoms with E-state index in [0.29, 0.717) is 28.6 Å². The second-order valence-corrected chi connectivity index (χ2v) is 8.38. The molecular formula is C24H26ClFN6O2. The minimum atomic E-state index is -0.501. The maximum Gasteiger partial charge on any atom is 0.254 e. The Bertz CT molecular complexity index is 1160. The van der Waals surface area contributed by atoms with E-state index in [4.69, 9.17) is 16.3 Å². The quantitative estimate of drug-likeness (QED) is 0.437. The lowest BCUT2D eigenvalue weighted by molar-refractivity contribution is 0.0952. The van der Waals surface area contributed by atoms with Crippen LogP contribution in [0.4, 0.5) is 15.9 Å². The Kier molecular flexibility index (Phi) is 7.87. The Labute approximate surface area is 202 Å². The van der Waals surface area contributed by atoms with Crippen LogP contribution < -0.4 is 15.4 Å². The highest BCUT2D eigenvalue weighted by atomic mass is 35.5. The number of nitrogens with one attached hydrogen (secondary N) is 2. The highest BCUT2D eigenvalue weighted by Crippen LogP contribution is 2.30. The number of amides is 1. The largest absolute Gasteiger partial charge is 0.491 e. The van der Waals surface area contributed by atoms with Gasteiger partial charge in [-0.1, -0.05) is 11.6 Å². The van der Waals surface area contributed by atoms with Crippen LogP contribution in [-0.4, -0.2) is 59.0 Å². The third kappa shape index (κ3) is 5.78. The summed E-state index contributed by atoms with van der Waals surface area (Å²) in [7, 11) is 1.48. The van der Waals surface area contributed by atoms with Crippen molar-refractivity contribution in [3.63, 3.8) is 0 Å². The van der Waals surface area contributed by atoms with Gasteiger partial charge in [0, 0.05) is 24.0 Å². The van der Waals surface area contributed by atoms with Crippen LogP contribution in [0.5, 0.6) is 5.75 Å². The number of carbonyl (C=O) groups excluding carboxylic acids is 1. The van der Waals surface area contributed by atoms with E-state index in [9.17, 15) is 9.18 Å². The molecule has 10 heteroatoms. The molecule has 178 valence electrons.